The highest BCUT2D eigenvalue weighted by Crippen LogP contribution is 2.17. The zero-order valence-electron chi connectivity index (χ0n) is 12.4. The number of hydrogen-bond donors (Lipinski definition) is 2. The van der Waals surface area contributed by atoms with E-state index in [1.165, 1.54) is 11.8 Å². The summed E-state index contributed by atoms with van der Waals surface area (Å²) in [7, 11) is 0. The van der Waals surface area contributed by atoms with Crippen molar-refractivity contribution in [2.75, 3.05) is 23.4 Å². The van der Waals surface area contributed by atoms with Crippen molar-refractivity contribution >= 4 is 29.5 Å². The Morgan fingerprint density at radius 2 is 2.24 bits per heavy atom. The molecule has 1 unspecified atom stereocenters. The highest BCUT2D eigenvalue weighted by atomic mass is 32.2. The number of rotatable bonds is 8. The quantitative estimate of drug-likeness (QED) is 0.697. The van der Waals surface area contributed by atoms with Gasteiger partial charge in [0.1, 0.15) is 6.04 Å². The molecule has 0 aliphatic carbocycles. The molecule has 0 saturated heterocycles. The molecule has 1 aromatic rings. The van der Waals surface area contributed by atoms with Gasteiger partial charge >= 0.3 is 5.97 Å². The van der Waals surface area contributed by atoms with Crippen LogP contribution in [0.3, 0.4) is 0 Å². The molecule has 1 atom stereocenters. The van der Waals surface area contributed by atoms with E-state index in [0.717, 1.165) is 5.69 Å². The van der Waals surface area contributed by atoms with Gasteiger partial charge in [-0.1, -0.05) is 19.0 Å². The molecular formula is C13H21N3O4S. The van der Waals surface area contributed by atoms with Crippen LogP contribution in [0.15, 0.2) is 10.6 Å². The van der Waals surface area contributed by atoms with Crippen molar-refractivity contribution in [3.63, 3.8) is 0 Å². The molecule has 0 aliphatic heterocycles. The molecule has 3 N–H and O–H groups in total. The molecular weight excluding hydrogens is 294 g/mol. The SMILES string of the molecule is CCOC(=O)C(N)CSCC(=O)Nc1cc(C(C)C)no1. The Morgan fingerprint density at radius 1 is 1.52 bits per heavy atom. The molecule has 1 heterocycles. The Morgan fingerprint density at radius 3 is 2.81 bits per heavy atom. The average molecular weight is 315 g/mol. The fourth-order valence-electron chi connectivity index (χ4n) is 1.39. The number of anilines is 1. The number of amides is 1. The molecule has 8 heteroatoms. The van der Waals surface area contributed by atoms with Gasteiger partial charge in [0.25, 0.3) is 0 Å². The summed E-state index contributed by atoms with van der Waals surface area (Å²) in [6.45, 7) is 5.97. The predicted molar refractivity (Wildman–Crippen MR) is 81.2 cm³/mol. The van der Waals surface area contributed by atoms with Crippen molar-refractivity contribution in [3.05, 3.63) is 11.8 Å². The van der Waals surface area contributed by atoms with Gasteiger partial charge in [-0.2, -0.15) is 0 Å². The second-order valence-electron chi connectivity index (χ2n) is 4.69. The minimum Gasteiger partial charge on any atom is -0.465 e. The van der Waals surface area contributed by atoms with Crippen molar-refractivity contribution < 1.29 is 18.8 Å². The van der Waals surface area contributed by atoms with E-state index in [-0.39, 0.29) is 17.6 Å². The standard InChI is InChI=1S/C13H21N3O4S/c1-4-19-13(18)9(14)6-21-7-11(17)15-12-5-10(8(2)3)16-20-12/h5,8-9H,4,6-7,14H2,1-3H3,(H,15,17). The summed E-state index contributed by atoms with van der Waals surface area (Å²) in [5, 5.41) is 6.44. The van der Waals surface area contributed by atoms with Gasteiger partial charge in [0.2, 0.25) is 11.8 Å². The molecule has 21 heavy (non-hydrogen) atoms. The Balaban J connectivity index is 2.29. The van der Waals surface area contributed by atoms with Crippen LogP contribution < -0.4 is 11.1 Å². The second-order valence-corrected chi connectivity index (χ2v) is 5.72. The van der Waals surface area contributed by atoms with Crippen molar-refractivity contribution in [2.24, 2.45) is 5.73 Å². The normalized spacial score (nSPS) is 12.2. The number of carbonyl (C=O) groups excluding carboxylic acids is 2. The van der Waals surface area contributed by atoms with E-state index in [0.29, 0.717) is 18.2 Å². The van der Waals surface area contributed by atoms with Crippen molar-refractivity contribution in [1.29, 1.82) is 0 Å². The van der Waals surface area contributed by atoms with Gasteiger partial charge in [0, 0.05) is 11.8 Å². The maximum Gasteiger partial charge on any atom is 0.323 e. The lowest BCUT2D eigenvalue weighted by Crippen LogP contribution is -2.35. The third-order valence-corrected chi connectivity index (χ3v) is 3.56. The Bertz CT molecular complexity index is 476. The zero-order valence-corrected chi connectivity index (χ0v) is 13.2. The van der Waals surface area contributed by atoms with Gasteiger partial charge in [0.15, 0.2) is 0 Å². The largest absolute Gasteiger partial charge is 0.465 e. The first-order valence-electron chi connectivity index (χ1n) is 6.70. The van der Waals surface area contributed by atoms with Crippen molar-refractivity contribution in [2.45, 2.75) is 32.7 Å². The fourth-order valence-corrected chi connectivity index (χ4v) is 2.15. The number of nitrogens with one attached hydrogen (secondary N) is 1. The molecule has 0 bridgehead atoms. The van der Waals surface area contributed by atoms with Crippen LogP contribution in [0.25, 0.3) is 0 Å². The monoisotopic (exact) mass is 315 g/mol. The summed E-state index contributed by atoms with van der Waals surface area (Å²) in [5.74, 6) is 0.352. The topological polar surface area (TPSA) is 107 Å². The Labute approximate surface area is 127 Å². The third kappa shape index (κ3) is 6.17. The van der Waals surface area contributed by atoms with Crippen molar-refractivity contribution in [1.82, 2.24) is 5.16 Å². The van der Waals surface area contributed by atoms with Gasteiger partial charge in [-0.15, -0.1) is 11.8 Å². The fraction of sp³-hybridized carbons (Fsp3) is 0.615. The van der Waals surface area contributed by atoms with E-state index in [9.17, 15) is 9.59 Å². The summed E-state index contributed by atoms with van der Waals surface area (Å²) >= 11 is 1.26. The van der Waals surface area contributed by atoms with Gasteiger partial charge < -0.3 is 15.0 Å². The molecule has 118 valence electrons. The van der Waals surface area contributed by atoms with Gasteiger partial charge in [-0.3, -0.25) is 14.9 Å². The average Bonchev–Trinajstić information content (AvgIpc) is 2.87. The second kappa shape index (κ2) is 8.68. The van der Waals surface area contributed by atoms with Crippen LogP contribution in [0.2, 0.25) is 0 Å². The first kappa shape index (κ1) is 17.5. The van der Waals surface area contributed by atoms with Gasteiger partial charge in [-0.05, 0) is 12.8 Å². The lowest BCUT2D eigenvalue weighted by atomic mass is 10.1. The summed E-state index contributed by atoms with van der Waals surface area (Å²) in [4.78, 5) is 23.0. The van der Waals surface area contributed by atoms with Crippen molar-refractivity contribution in [3.8, 4) is 0 Å². The smallest absolute Gasteiger partial charge is 0.323 e. The number of hydrogen-bond acceptors (Lipinski definition) is 7. The minimum absolute atomic E-state index is 0.171. The molecule has 0 spiro atoms. The minimum atomic E-state index is -0.722. The molecule has 1 rings (SSSR count). The van der Waals surface area contributed by atoms with E-state index in [4.69, 9.17) is 15.0 Å². The summed E-state index contributed by atoms with van der Waals surface area (Å²) in [5.41, 5.74) is 6.40. The van der Waals surface area contributed by atoms with Crippen LogP contribution >= 0.6 is 11.8 Å². The summed E-state index contributed by atoms with van der Waals surface area (Å²) in [6.07, 6.45) is 0. The molecule has 0 aliphatic rings. The number of aromatic nitrogens is 1. The maximum absolute atomic E-state index is 11.7. The molecule has 7 nitrogen and oxygen atoms in total. The summed E-state index contributed by atoms with van der Waals surface area (Å²) < 4.78 is 9.79. The lowest BCUT2D eigenvalue weighted by molar-refractivity contribution is -0.144. The van der Waals surface area contributed by atoms with Crippen LogP contribution in [-0.4, -0.2) is 41.2 Å². The predicted octanol–water partition coefficient (Wildman–Crippen LogP) is 1.36. The van der Waals surface area contributed by atoms with Crippen LogP contribution in [-0.2, 0) is 14.3 Å². The highest BCUT2D eigenvalue weighted by Gasteiger charge is 2.16. The third-order valence-electron chi connectivity index (χ3n) is 2.50. The summed E-state index contributed by atoms with van der Waals surface area (Å²) in [6, 6.07) is 0.970. The Kier molecular flexibility index (Phi) is 7.24. The lowest BCUT2D eigenvalue weighted by Gasteiger charge is -2.09. The molecule has 1 aromatic heterocycles. The number of nitrogens with zero attached hydrogens (tertiary/aromatic N) is 1. The van der Waals surface area contributed by atoms with E-state index >= 15 is 0 Å². The number of thioether (sulfide) groups is 1. The molecule has 0 saturated carbocycles. The molecule has 0 fully saturated rings. The van der Waals surface area contributed by atoms with E-state index in [1.807, 2.05) is 13.8 Å². The maximum atomic E-state index is 11.7. The first-order chi connectivity index (χ1) is 9.93. The van der Waals surface area contributed by atoms with E-state index in [2.05, 4.69) is 10.5 Å². The highest BCUT2D eigenvalue weighted by molar-refractivity contribution is 8.00. The number of nitrogens with two attached hydrogens (primary N) is 1. The molecule has 0 aromatic carbocycles. The molecule has 0 radical (unpaired) electrons. The van der Waals surface area contributed by atoms with Crippen LogP contribution in [0, 0.1) is 0 Å². The Hall–Kier alpha value is -1.54. The van der Waals surface area contributed by atoms with Gasteiger partial charge in [0.05, 0.1) is 18.1 Å². The number of ether oxygens (including phenoxy) is 1. The number of carbonyl (C=O) groups is 2. The number of esters is 1. The van der Waals surface area contributed by atoms with Crippen LogP contribution in [0.1, 0.15) is 32.4 Å². The molecule has 1 amide bonds. The van der Waals surface area contributed by atoms with E-state index in [1.54, 1.807) is 13.0 Å². The first-order valence-corrected chi connectivity index (χ1v) is 7.86. The van der Waals surface area contributed by atoms with Gasteiger partial charge in [-0.25, -0.2) is 0 Å². The van der Waals surface area contributed by atoms with Crippen LogP contribution in [0.4, 0.5) is 5.88 Å². The zero-order chi connectivity index (χ0) is 15.8. The van der Waals surface area contributed by atoms with E-state index < -0.39 is 12.0 Å². The van der Waals surface area contributed by atoms with Crippen LogP contribution in [0.5, 0.6) is 0 Å².